The van der Waals surface area contributed by atoms with Crippen LogP contribution in [0.4, 0.5) is 0 Å². The number of halogens is 3. The van der Waals surface area contributed by atoms with E-state index in [2.05, 4.69) is 42.7 Å². The zero-order chi connectivity index (χ0) is 18.4. The van der Waals surface area contributed by atoms with Gasteiger partial charge in [-0.2, -0.15) is 0 Å². The van der Waals surface area contributed by atoms with Crippen LogP contribution in [0.25, 0.3) is 0 Å². The monoisotopic (exact) mass is 490 g/mol. The van der Waals surface area contributed by atoms with Crippen LogP contribution in [-0.2, 0) is 4.79 Å². The first-order chi connectivity index (χ1) is 11.9. The highest BCUT2D eigenvalue weighted by Gasteiger charge is 2.11. The lowest BCUT2D eigenvalue weighted by Gasteiger charge is -2.10. The summed E-state index contributed by atoms with van der Waals surface area (Å²) in [4.78, 5) is 23.8. The largest absolute Gasteiger partial charge is 0.496 e. The lowest BCUT2D eigenvalue weighted by molar-refractivity contribution is -0.123. The Hall–Kier alpha value is -1.77. The molecule has 0 fully saturated rings. The second-order valence-corrected chi connectivity index (χ2v) is 6.89. The van der Waals surface area contributed by atoms with Gasteiger partial charge in [-0.15, -0.1) is 0 Å². The van der Waals surface area contributed by atoms with E-state index in [4.69, 9.17) is 21.1 Å². The fourth-order valence-corrected chi connectivity index (χ4v) is 3.05. The highest BCUT2D eigenvalue weighted by atomic mass is 79.9. The summed E-state index contributed by atoms with van der Waals surface area (Å²) in [7, 11) is 1.53. The molecule has 0 spiro atoms. The molecular weight excluding hydrogens is 479 g/mol. The van der Waals surface area contributed by atoms with Crippen molar-refractivity contribution in [2.24, 2.45) is 0 Å². The van der Waals surface area contributed by atoms with Crippen molar-refractivity contribution >= 4 is 55.3 Å². The van der Waals surface area contributed by atoms with E-state index in [1.54, 1.807) is 36.4 Å². The quantitative estimate of drug-likeness (QED) is 0.624. The van der Waals surface area contributed by atoms with Crippen molar-refractivity contribution in [2.45, 2.75) is 0 Å². The SMILES string of the molecule is COc1ccc(C(=O)NNC(=O)COc2ccc(Br)cc2Cl)cc1Br. The Morgan fingerprint density at radius 3 is 2.44 bits per heavy atom. The summed E-state index contributed by atoms with van der Waals surface area (Å²) in [5, 5.41) is 0.370. The molecule has 0 atom stereocenters. The van der Waals surface area contributed by atoms with Crippen LogP contribution >= 0.6 is 43.5 Å². The van der Waals surface area contributed by atoms with Gasteiger partial charge in [0.15, 0.2) is 6.61 Å². The fourth-order valence-electron chi connectivity index (χ4n) is 1.78. The molecule has 6 nitrogen and oxygen atoms in total. The molecule has 0 radical (unpaired) electrons. The summed E-state index contributed by atoms with van der Waals surface area (Å²) in [6, 6.07) is 9.81. The molecule has 0 saturated heterocycles. The minimum atomic E-state index is -0.528. The van der Waals surface area contributed by atoms with Crippen molar-refractivity contribution in [3.63, 3.8) is 0 Å². The Balaban J connectivity index is 1.85. The molecule has 2 amide bonds. The number of carbonyl (C=O) groups is 2. The third-order valence-electron chi connectivity index (χ3n) is 2.98. The first kappa shape index (κ1) is 19.6. The molecule has 0 saturated carbocycles. The summed E-state index contributed by atoms with van der Waals surface area (Å²) in [5.41, 5.74) is 4.92. The van der Waals surface area contributed by atoms with Gasteiger partial charge in [0.2, 0.25) is 0 Å². The van der Waals surface area contributed by atoms with Crippen LogP contribution in [0.3, 0.4) is 0 Å². The summed E-state index contributed by atoms with van der Waals surface area (Å²) in [6.45, 7) is -0.298. The zero-order valence-corrected chi connectivity index (χ0v) is 16.9. The number of benzene rings is 2. The predicted octanol–water partition coefficient (Wildman–Crippen LogP) is 3.71. The highest BCUT2D eigenvalue weighted by molar-refractivity contribution is 9.10. The number of nitrogens with one attached hydrogen (secondary N) is 2. The first-order valence-corrected chi connectivity index (χ1v) is 8.87. The molecule has 132 valence electrons. The van der Waals surface area contributed by atoms with E-state index in [1.807, 2.05) is 0 Å². The maximum Gasteiger partial charge on any atom is 0.276 e. The molecular formula is C16H13Br2ClN2O4. The molecule has 0 unspecified atom stereocenters. The van der Waals surface area contributed by atoms with Crippen LogP contribution in [0.2, 0.25) is 5.02 Å². The van der Waals surface area contributed by atoms with E-state index in [0.29, 0.717) is 26.6 Å². The predicted molar refractivity (Wildman–Crippen MR) is 101 cm³/mol. The second kappa shape index (κ2) is 9.07. The zero-order valence-electron chi connectivity index (χ0n) is 12.9. The van der Waals surface area contributed by atoms with Crippen molar-refractivity contribution in [1.82, 2.24) is 10.9 Å². The van der Waals surface area contributed by atoms with Crippen LogP contribution in [0.1, 0.15) is 10.4 Å². The van der Waals surface area contributed by atoms with Crippen LogP contribution in [0, 0.1) is 0 Å². The van der Waals surface area contributed by atoms with Crippen LogP contribution in [0.5, 0.6) is 11.5 Å². The third-order valence-corrected chi connectivity index (χ3v) is 4.39. The third kappa shape index (κ3) is 5.62. The molecule has 0 aliphatic rings. The van der Waals surface area contributed by atoms with Crippen molar-refractivity contribution in [2.75, 3.05) is 13.7 Å². The van der Waals surface area contributed by atoms with Gasteiger partial charge in [0.05, 0.1) is 16.6 Å². The number of amides is 2. The first-order valence-electron chi connectivity index (χ1n) is 6.91. The van der Waals surface area contributed by atoms with Gasteiger partial charge in [-0.1, -0.05) is 27.5 Å². The van der Waals surface area contributed by atoms with E-state index < -0.39 is 11.8 Å². The normalized spacial score (nSPS) is 10.1. The number of rotatable bonds is 5. The topological polar surface area (TPSA) is 76.7 Å². The molecule has 2 aromatic carbocycles. The van der Waals surface area contributed by atoms with Gasteiger partial charge in [0.1, 0.15) is 11.5 Å². The number of hydrogen-bond donors (Lipinski definition) is 2. The molecule has 0 bridgehead atoms. The molecule has 0 heterocycles. The van der Waals surface area contributed by atoms with E-state index in [9.17, 15) is 9.59 Å². The van der Waals surface area contributed by atoms with Gasteiger partial charge >= 0.3 is 0 Å². The Kier molecular flexibility index (Phi) is 7.10. The van der Waals surface area contributed by atoms with Gasteiger partial charge in [0.25, 0.3) is 11.8 Å². The molecule has 0 aliphatic heterocycles. The minimum Gasteiger partial charge on any atom is -0.496 e. The van der Waals surface area contributed by atoms with Gasteiger partial charge in [-0.25, -0.2) is 0 Å². The van der Waals surface area contributed by atoms with E-state index in [1.165, 1.54) is 7.11 Å². The average molecular weight is 493 g/mol. The number of carbonyl (C=O) groups excluding carboxylic acids is 2. The lowest BCUT2D eigenvalue weighted by atomic mass is 10.2. The van der Waals surface area contributed by atoms with Crippen molar-refractivity contribution < 1.29 is 19.1 Å². The van der Waals surface area contributed by atoms with E-state index in [0.717, 1.165) is 4.47 Å². The van der Waals surface area contributed by atoms with Gasteiger partial charge < -0.3 is 9.47 Å². The van der Waals surface area contributed by atoms with E-state index in [-0.39, 0.29) is 6.61 Å². The summed E-state index contributed by atoms with van der Waals surface area (Å²) in [5.74, 6) is -0.0379. The van der Waals surface area contributed by atoms with Crippen LogP contribution < -0.4 is 20.3 Å². The second-order valence-electron chi connectivity index (χ2n) is 4.72. The number of hydrazine groups is 1. The van der Waals surface area contributed by atoms with Crippen LogP contribution in [0.15, 0.2) is 45.3 Å². The standard InChI is InChI=1S/C16H13Br2ClN2O4/c1-24-13-4-2-9(6-11(13)18)16(23)21-20-15(22)8-25-14-5-3-10(17)7-12(14)19/h2-7H,8H2,1H3,(H,20,22)(H,21,23). The molecule has 2 aromatic rings. The Bertz CT molecular complexity index is 802. The maximum atomic E-state index is 12.0. The van der Waals surface area contributed by atoms with Crippen molar-refractivity contribution in [3.05, 3.63) is 55.9 Å². The Morgan fingerprint density at radius 1 is 1.08 bits per heavy atom. The molecule has 0 aromatic heterocycles. The highest BCUT2D eigenvalue weighted by Crippen LogP contribution is 2.27. The average Bonchev–Trinajstić information content (AvgIpc) is 2.58. The molecule has 0 aliphatic carbocycles. The van der Waals surface area contributed by atoms with E-state index >= 15 is 0 Å². The molecule has 2 rings (SSSR count). The van der Waals surface area contributed by atoms with Gasteiger partial charge in [-0.05, 0) is 52.3 Å². The molecule has 2 N–H and O–H groups in total. The van der Waals surface area contributed by atoms with Crippen molar-refractivity contribution in [3.8, 4) is 11.5 Å². The molecule has 9 heteroatoms. The number of ether oxygens (including phenoxy) is 2. The fraction of sp³-hybridized carbons (Fsp3) is 0.125. The van der Waals surface area contributed by atoms with Crippen molar-refractivity contribution in [1.29, 1.82) is 0 Å². The summed E-state index contributed by atoms with van der Waals surface area (Å²) in [6.07, 6.45) is 0. The smallest absolute Gasteiger partial charge is 0.276 e. The number of methoxy groups -OCH3 is 1. The van der Waals surface area contributed by atoms with Gasteiger partial charge in [-0.3, -0.25) is 20.4 Å². The summed E-state index contributed by atoms with van der Waals surface area (Å²) < 4.78 is 11.8. The Labute approximate surface area is 166 Å². The minimum absolute atomic E-state index is 0.298. The lowest BCUT2D eigenvalue weighted by Crippen LogP contribution is -2.43. The Morgan fingerprint density at radius 2 is 1.80 bits per heavy atom. The van der Waals surface area contributed by atoms with Gasteiger partial charge in [0, 0.05) is 10.0 Å². The maximum absolute atomic E-state index is 12.0. The number of hydrogen-bond acceptors (Lipinski definition) is 4. The van der Waals surface area contributed by atoms with Crippen LogP contribution in [-0.4, -0.2) is 25.5 Å². The summed E-state index contributed by atoms with van der Waals surface area (Å²) >= 11 is 12.6. The molecule has 25 heavy (non-hydrogen) atoms.